The summed E-state index contributed by atoms with van der Waals surface area (Å²) in [5.41, 5.74) is 2.56. The number of anilines is 1. The quantitative estimate of drug-likeness (QED) is 0.621. The van der Waals surface area contributed by atoms with Crippen LogP contribution in [0.2, 0.25) is 0 Å². The number of sulfonamides is 1. The molecule has 7 nitrogen and oxygen atoms in total. The van der Waals surface area contributed by atoms with Crippen molar-refractivity contribution in [3.8, 4) is 0 Å². The first kappa shape index (κ1) is 21.6. The lowest BCUT2D eigenvalue weighted by Gasteiger charge is -2.25. The highest BCUT2D eigenvalue weighted by Crippen LogP contribution is 2.28. The lowest BCUT2D eigenvalue weighted by atomic mass is 10.1. The van der Waals surface area contributed by atoms with E-state index in [4.69, 9.17) is 4.52 Å². The van der Waals surface area contributed by atoms with Gasteiger partial charge in [-0.25, -0.2) is 8.42 Å². The van der Waals surface area contributed by atoms with Gasteiger partial charge in [-0.15, -0.1) is 0 Å². The molecule has 1 atom stereocenters. The van der Waals surface area contributed by atoms with E-state index in [1.54, 1.807) is 31.2 Å². The Morgan fingerprint density at radius 3 is 2.27 bits per heavy atom. The molecule has 1 amide bonds. The van der Waals surface area contributed by atoms with Crippen molar-refractivity contribution in [3.63, 3.8) is 0 Å². The first-order valence-corrected chi connectivity index (χ1v) is 11.0. The number of carbonyl (C=O) groups is 1. The van der Waals surface area contributed by atoms with Crippen LogP contribution >= 0.6 is 0 Å². The second kappa shape index (κ2) is 8.71. The van der Waals surface area contributed by atoms with E-state index in [2.05, 4.69) is 10.5 Å². The normalized spacial score (nSPS) is 12.4. The molecule has 0 unspecified atom stereocenters. The van der Waals surface area contributed by atoms with Crippen LogP contribution in [0.25, 0.3) is 0 Å². The highest BCUT2D eigenvalue weighted by atomic mass is 32.2. The molecule has 1 heterocycles. The topological polar surface area (TPSA) is 92.5 Å². The monoisotopic (exact) mass is 427 g/mol. The second-order valence-corrected chi connectivity index (χ2v) is 9.00. The number of nitrogens with zero attached hydrogens (tertiary/aromatic N) is 2. The van der Waals surface area contributed by atoms with Gasteiger partial charge < -0.3 is 9.84 Å². The number of amides is 1. The molecule has 0 saturated carbocycles. The van der Waals surface area contributed by atoms with Gasteiger partial charge in [0.2, 0.25) is 5.91 Å². The molecule has 158 valence electrons. The minimum absolute atomic E-state index is 0.0213. The summed E-state index contributed by atoms with van der Waals surface area (Å²) in [7, 11) is -4.06. The summed E-state index contributed by atoms with van der Waals surface area (Å²) < 4.78 is 33.1. The van der Waals surface area contributed by atoms with Crippen LogP contribution in [0.15, 0.2) is 64.0 Å². The number of hydrogen-bond acceptors (Lipinski definition) is 5. The van der Waals surface area contributed by atoms with Crippen molar-refractivity contribution >= 4 is 21.6 Å². The molecule has 3 rings (SSSR count). The van der Waals surface area contributed by atoms with Crippen LogP contribution in [-0.2, 0) is 14.8 Å². The highest BCUT2D eigenvalue weighted by Gasteiger charge is 2.33. The van der Waals surface area contributed by atoms with Crippen LogP contribution in [0.3, 0.4) is 0 Å². The van der Waals surface area contributed by atoms with Gasteiger partial charge in [0.05, 0.1) is 11.7 Å². The van der Waals surface area contributed by atoms with Gasteiger partial charge in [-0.2, -0.15) is 0 Å². The maximum atomic E-state index is 13.5. The molecule has 0 bridgehead atoms. The fourth-order valence-corrected chi connectivity index (χ4v) is 4.94. The lowest BCUT2D eigenvalue weighted by molar-refractivity contribution is -0.120. The smallest absolute Gasteiger partial charge is 0.270 e. The third-order valence-electron chi connectivity index (χ3n) is 4.80. The first-order chi connectivity index (χ1) is 14.2. The van der Waals surface area contributed by atoms with Crippen LogP contribution in [-0.4, -0.2) is 26.0 Å². The van der Waals surface area contributed by atoms with Crippen molar-refractivity contribution < 1.29 is 17.7 Å². The standard InChI is InChI=1S/C22H25N3O4S/c1-15-10-12-20(13-11-15)25(30(27,28)22-17(3)24-29-18(22)4)14-21(26)23-16(2)19-8-6-5-7-9-19/h5-13,16H,14H2,1-4H3,(H,23,26)/t16-/m0/s1. The molecule has 0 radical (unpaired) electrons. The van der Waals surface area contributed by atoms with Gasteiger partial charge in [0.25, 0.3) is 10.0 Å². The zero-order valence-electron chi connectivity index (χ0n) is 17.4. The molecule has 0 fully saturated rings. The Balaban J connectivity index is 1.92. The van der Waals surface area contributed by atoms with Crippen LogP contribution < -0.4 is 9.62 Å². The Morgan fingerprint density at radius 2 is 1.70 bits per heavy atom. The fraction of sp³-hybridized carbons (Fsp3) is 0.273. The van der Waals surface area contributed by atoms with E-state index in [0.717, 1.165) is 15.4 Å². The Bertz CT molecular complexity index is 1100. The van der Waals surface area contributed by atoms with Crippen LogP contribution in [0, 0.1) is 20.8 Å². The first-order valence-electron chi connectivity index (χ1n) is 9.56. The van der Waals surface area contributed by atoms with Crippen LogP contribution in [0.5, 0.6) is 0 Å². The summed E-state index contributed by atoms with van der Waals surface area (Å²) >= 11 is 0. The van der Waals surface area contributed by atoms with Crippen LogP contribution in [0.1, 0.15) is 35.5 Å². The molecule has 0 saturated heterocycles. The maximum absolute atomic E-state index is 13.5. The molecule has 0 spiro atoms. The number of aromatic nitrogens is 1. The van der Waals surface area contributed by atoms with Crippen molar-refractivity contribution in [2.24, 2.45) is 0 Å². The lowest BCUT2D eigenvalue weighted by Crippen LogP contribution is -2.41. The predicted octanol–water partition coefficient (Wildman–Crippen LogP) is 3.67. The highest BCUT2D eigenvalue weighted by molar-refractivity contribution is 7.93. The van der Waals surface area contributed by atoms with E-state index in [1.165, 1.54) is 6.92 Å². The third kappa shape index (κ3) is 4.54. The Labute approximate surface area is 176 Å². The molecular formula is C22H25N3O4S. The largest absolute Gasteiger partial charge is 0.360 e. The minimum Gasteiger partial charge on any atom is -0.360 e. The van der Waals surface area contributed by atoms with Gasteiger partial charge in [0.1, 0.15) is 12.2 Å². The summed E-state index contributed by atoms with van der Waals surface area (Å²) in [6.45, 7) is 6.50. The Kier molecular flexibility index (Phi) is 6.26. The Hall–Kier alpha value is -3.13. The summed E-state index contributed by atoms with van der Waals surface area (Å²) in [6, 6.07) is 16.2. The van der Waals surface area contributed by atoms with E-state index in [0.29, 0.717) is 5.69 Å². The zero-order valence-corrected chi connectivity index (χ0v) is 18.2. The molecule has 2 aromatic carbocycles. The summed E-state index contributed by atoms with van der Waals surface area (Å²) in [5.74, 6) is -0.232. The average molecular weight is 428 g/mol. The zero-order chi connectivity index (χ0) is 21.9. The molecular weight excluding hydrogens is 402 g/mol. The van der Waals surface area contributed by atoms with Gasteiger partial charge in [-0.3, -0.25) is 9.10 Å². The van der Waals surface area contributed by atoms with E-state index in [1.807, 2.05) is 44.2 Å². The Morgan fingerprint density at radius 1 is 1.07 bits per heavy atom. The van der Waals surface area contributed by atoms with Crippen molar-refractivity contribution in [2.45, 2.75) is 38.6 Å². The SMILES string of the molecule is Cc1ccc(N(CC(=O)N[C@@H](C)c2ccccc2)S(=O)(=O)c2c(C)noc2C)cc1. The van der Waals surface area contributed by atoms with Gasteiger partial charge >= 0.3 is 0 Å². The number of nitrogens with one attached hydrogen (secondary N) is 1. The minimum atomic E-state index is -4.06. The van der Waals surface area contributed by atoms with Crippen molar-refractivity contribution in [2.75, 3.05) is 10.8 Å². The van der Waals surface area contributed by atoms with Gasteiger partial charge in [-0.05, 0) is 45.4 Å². The van der Waals surface area contributed by atoms with Gasteiger partial charge in [0, 0.05) is 0 Å². The predicted molar refractivity (Wildman–Crippen MR) is 115 cm³/mol. The second-order valence-electron chi connectivity index (χ2n) is 7.20. The molecule has 0 aliphatic heterocycles. The number of aryl methyl sites for hydroxylation is 3. The third-order valence-corrected chi connectivity index (χ3v) is 6.82. The molecule has 1 aromatic heterocycles. The average Bonchev–Trinajstić information content (AvgIpc) is 3.06. The van der Waals surface area contributed by atoms with Gasteiger partial charge in [0.15, 0.2) is 10.7 Å². The van der Waals surface area contributed by atoms with E-state index >= 15 is 0 Å². The van der Waals surface area contributed by atoms with Crippen molar-refractivity contribution in [1.82, 2.24) is 10.5 Å². The molecule has 1 N–H and O–H groups in total. The number of carbonyl (C=O) groups excluding carboxylic acids is 1. The molecule has 8 heteroatoms. The molecule has 0 aliphatic rings. The van der Waals surface area contributed by atoms with Crippen molar-refractivity contribution in [1.29, 1.82) is 0 Å². The summed E-state index contributed by atoms with van der Waals surface area (Å²) in [4.78, 5) is 12.8. The summed E-state index contributed by atoms with van der Waals surface area (Å²) in [6.07, 6.45) is 0. The van der Waals surface area contributed by atoms with Gasteiger partial charge in [-0.1, -0.05) is 53.2 Å². The van der Waals surface area contributed by atoms with E-state index in [-0.39, 0.29) is 28.9 Å². The number of rotatable bonds is 7. The number of hydrogen-bond donors (Lipinski definition) is 1. The van der Waals surface area contributed by atoms with Crippen LogP contribution in [0.4, 0.5) is 5.69 Å². The molecule has 3 aromatic rings. The van der Waals surface area contributed by atoms with E-state index in [9.17, 15) is 13.2 Å². The fourth-order valence-electron chi connectivity index (χ4n) is 3.22. The summed E-state index contributed by atoms with van der Waals surface area (Å²) in [5, 5.41) is 6.63. The van der Waals surface area contributed by atoms with Crippen molar-refractivity contribution in [3.05, 3.63) is 77.2 Å². The number of benzene rings is 2. The van der Waals surface area contributed by atoms with E-state index < -0.39 is 15.9 Å². The molecule has 30 heavy (non-hydrogen) atoms. The maximum Gasteiger partial charge on any atom is 0.270 e. The molecule has 0 aliphatic carbocycles.